The van der Waals surface area contributed by atoms with Gasteiger partial charge in [-0.05, 0) is 24.3 Å². The van der Waals surface area contributed by atoms with Gasteiger partial charge in [-0.1, -0.05) is 11.6 Å². The minimum atomic E-state index is -0.601. The highest BCUT2D eigenvalue weighted by atomic mass is 35.5. The highest BCUT2D eigenvalue weighted by molar-refractivity contribution is 6.34. The Morgan fingerprint density at radius 2 is 2.21 bits per heavy atom. The number of primary amides is 1. The zero-order valence-electron chi connectivity index (χ0n) is 9.93. The van der Waals surface area contributed by atoms with E-state index < -0.39 is 5.91 Å². The summed E-state index contributed by atoms with van der Waals surface area (Å²) in [7, 11) is 0. The SMILES string of the molecule is NC(=O)c1cc(N)cc(Cl)c1NCc1cccnn1. The van der Waals surface area contributed by atoms with Crippen LogP contribution in [0.3, 0.4) is 0 Å². The number of aromatic nitrogens is 2. The van der Waals surface area contributed by atoms with Gasteiger partial charge in [-0.15, -0.1) is 0 Å². The molecule has 0 fully saturated rings. The van der Waals surface area contributed by atoms with Gasteiger partial charge in [-0.3, -0.25) is 4.79 Å². The third-order valence-electron chi connectivity index (χ3n) is 2.45. The first kappa shape index (κ1) is 13.1. The summed E-state index contributed by atoms with van der Waals surface area (Å²) in [6, 6.07) is 6.60. The minimum absolute atomic E-state index is 0.244. The lowest BCUT2D eigenvalue weighted by molar-refractivity contribution is 0.100. The summed E-state index contributed by atoms with van der Waals surface area (Å²) in [5.41, 5.74) is 12.7. The molecule has 7 heteroatoms. The van der Waals surface area contributed by atoms with Crippen LogP contribution in [0.2, 0.25) is 5.02 Å². The van der Waals surface area contributed by atoms with Gasteiger partial charge in [-0.2, -0.15) is 10.2 Å². The first-order valence-corrected chi connectivity index (χ1v) is 5.85. The maximum atomic E-state index is 11.4. The van der Waals surface area contributed by atoms with Gasteiger partial charge in [0.25, 0.3) is 5.91 Å². The number of nitrogens with two attached hydrogens (primary N) is 2. The van der Waals surface area contributed by atoms with Gasteiger partial charge in [0.2, 0.25) is 0 Å². The van der Waals surface area contributed by atoms with Gasteiger partial charge in [0.1, 0.15) is 0 Å². The Morgan fingerprint density at radius 3 is 2.84 bits per heavy atom. The zero-order chi connectivity index (χ0) is 13.8. The Bertz CT molecular complexity index is 603. The molecule has 0 saturated carbocycles. The lowest BCUT2D eigenvalue weighted by Crippen LogP contribution is -2.15. The summed E-state index contributed by atoms with van der Waals surface area (Å²) < 4.78 is 0. The van der Waals surface area contributed by atoms with Gasteiger partial charge >= 0.3 is 0 Å². The Balaban J connectivity index is 2.27. The van der Waals surface area contributed by atoms with E-state index in [1.807, 2.05) is 0 Å². The number of carbonyl (C=O) groups is 1. The van der Waals surface area contributed by atoms with Crippen LogP contribution in [0.25, 0.3) is 0 Å². The van der Waals surface area contributed by atoms with Crippen LogP contribution in [0.1, 0.15) is 16.1 Å². The van der Waals surface area contributed by atoms with Crippen LogP contribution in [0.5, 0.6) is 0 Å². The van der Waals surface area contributed by atoms with Crippen molar-refractivity contribution in [2.24, 2.45) is 5.73 Å². The van der Waals surface area contributed by atoms with E-state index in [-0.39, 0.29) is 5.56 Å². The number of nitrogens with one attached hydrogen (secondary N) is 1. The molecule has 19 heavy (non-hydrogen) atoms. The van der Waals surface area contributed by atoms with Crippen molar-refractivity contribution in [1.29, 1.82) is 0 Å². The zero-order valence-corrected chi connectivity index (χ0v) is 10.7. The van der Waals surface area contributed by atoms with Crippen molar-refractivity contribution in [3.8, 4) is 0 Å². The van der Waals surface area contributed by atoms with E-state index in [1.165, 1.54) is 6.07 Å². The van der Waals surface area contributed by atoms with Crippen LogP contribution < -0.4 is 16.8 Å². The van der Waals surface area contributed by atoms with Crippen LogP contribution in [-0.2, 0) is 6.54 Å². The van der Waals surface area contributed by atoms with Gasteiger partial charge in [0, 0.05) is 11.9 Å². The van der Waals surface area contributed by atoms with E-state index in [9.17, 15) is 4.79 Å². The second-order valence-corrected chi connectivity index (χ2v) is 4.27. The molecule has 0 aliphatic carbocycles. The number of rotatable bonds is 4. The number of hydrogen-bond acceptors (Lipinski definition) is 5. The number of nitrogen functional groups attached to an aromatic ring is 1. The number of benzene rings is 1. The number of hydrogen-bond donors (Lipinski definition) is 3. The third-order valence-corrected chi connectivity index (χ3v) is 2.75. The molecular weight excluding hydrogens is 266 g/mol. The Labute approximate surface area is 114 Å². The third kappa shape index (κ3) is 3.11. The predicted molar refractivity (Wildman–Crippen MR) is 73.7 cm³/mol. The molecule has 1 aromatic carbocycles. The second-order valence-electron chi connectivity index (χ2n) is 3.86. The van der Waals surface area contributed by atoms with Crippen molar-refractivity contribution < 1.29 is 4.79 Å². The molecule has 1 aromatic heterocycles. The summed E-state index contributed by atoms with van der Waals surface area (Å²) in [6.07, 6.45) is 1.58. The van der Waals surface area contributed by atoms with Gasteiger partial charge in [0.05, 0.1) is 28.5 Å². The monoisotopic (exact) mass is 277 g/mol. The molecule has 5 N–H and O–H groups in total. The van der Waals surface area contributed by atoms with Gasteiger partial charge in [-0.25, -0.2) is 0 Å². The smallest absolute Gasteiger partial charge is 0.250 e. The van der Waals surface area contributed by atoms with Crippen LogP contribution in [-0.4, -0.2) is 16.1 Å². The first-order chi connectivity index (χ1) is 9.08. The molecular formula is C12H12ClN5O. The maximum Gasteiger partial charge on any atom is 0.250 e. The molecule has 0 unspecified atom stereocenters. The summed E-state index contributed by atoms with van der Waals surface area (Å²) in [4.78, 5) is 11.4. The maximum absolute atomic E-state index is 11.4. The van der Waals surface area contributed by atoms with Crippen LogP contribution >= 0.6 is 11.6 Å². The molecule has 0 aliphatic rings. The van der Waals surface area contributed by atoms with Crippen molar-refractivity contribution >= 4 is 28.9 Å². The molecule has 2 rings (SSSR count). The van der Waals surface area contributed by atoms with Crippen molar-refractivity contribution in [2.45, 2.75) is 6.54 Å². The quantitative estimate of drug-likeness (QED) is 0.733. The lowest BCUT2D eigenvalue weighted by atomic mass is 10.1. The van der Waals surface area contributed by atoms with Crippen LogP contribution in [0.15, 0.2) is 30.5 Å². The first-order valence-electron chi connectivity index (χ1n) is 5.47. The molecule has 0 radical (unpaired) electrons. The molecule has 0 bridgehead atoms. The van der Waals surface area contributed by atoms with Crippen molar-refractivity contribution in [3.63, 3.8) is 0 Å². The summed E-state index contributed by atoms with van der Waals surface area (Å²) in [5, 5.41) is 11.0. The summed E-state index contributed by atoms with van der Waals surface area (Å²) >= 11 is 6.06. The van der Waals surface area contributed by atoms with Crippen molar-refractivity contribution in [3.05, 3.63) is 46.7 Å². The van der Waals surface area contributed by atoms with E-state index in [0.29, 0.717) is 28.6 Å². The van der Waals surface area contributed by atoms with Crippen LogP contribution in [0, 0.1) is 0 Å². The predicted octanol–water partition coefficient (Wildman–Crippen LogP) is 1.42. The number of nitrogens with zero attached hydrogens (tertiary/aromatic N) is 2. The van der Waals surface area contributed by atoms with E-state index >= 15 is 0 Å². The fourth-order valence-electron chi connectivity index (χ4n) is 1.61. The molecule has 1 amide bonds. The van der Waals surface area contributed by atoms with Crippen molar-refractivity contribution in [2.75, 3.05) is 11.1 Å². The largest absolute Gasteiger partial charge is 0.399 e. The molecule has 2 aromatic rings. The van der Waals surface area contributed by atoms with E-state index in [1.54, 1.807) is 24.4 Å². The highest BCUT2D eigenvalue weighted by Crippen LogP contribution is 2.29. The molecule has 98 valence electrons. The highest BCUT2D eigenvalue weighted by Gasteiger charge is 2.13. The Hall–Kier alpha value is -2.34. The number of carbonyl (C=O) groups excluding carboxylic acids is 1. The molecule has 6 nitrogen and oxygen atoms in total. The number of anilines is 2. The van der Waals surface area contributed by atoms with Crippen molar-refractivity contribution in [1.82, 2.24) is 10.2 Å². The minimum Gasteiger partial charge on any atom is -0.399 e. The van der Waals surface area contributed by atoms with E-state index in [0.717, 1.165) is 0 Å². The van der Waals surface area contributed by atoms with Gasteiger partial charge < -0.3 is 16.8 Å². The average Bonchev–Trinajstić information content (AvgIpc) is 2.38. The Kier molecular flexibility index (Phi) is 3.82. The number of amides is 1. The number of halogens is 1. The molecule has 0 atom stereocenters. The molecule has 0 spiro atoms. The van der Waals surface area contributed by atoms with Gasteiger partial charge in [0.15, 0.2) is 0 Å². The van der Waals surface area contributed by atoms with E-state index in [4.69, 9.17) is 23.1 Å². The average molecular weight is 278 g/mol. The normalized spacial score (nSPS) is 10.2. The molecule has 0 saturated heterocycles. The standard InChI is InChI=1S/C12H12ClN5O/c13-10-5-7(14)4-9(12(15)19)11(10)16-6-8-2-1-3-17-18-8/h1-5,16H,6,14H2,(H2,15,19). The summed E-state index contributed by atoms with van der Waals surface area (Å²) in [5.74, 6) is -0.601. The fourth-order valence-corrected chi connectivity index (χ4v) is 1.90. The lowest BCUT2D eigenvalue weighted by Gasteiger charge is -2.12. The van der Waals surface area contributed by atoms with Crippen LogP contribution in [0.4, 0.5) is 11.4 Å². The fraction of sp³-hybridized carbons (Fsp3) is 0.0833. The molecule has 1 heterocycles. The molecule has 0 aliphatic heterocycles. The topological polar surface area (TPSA) is 107 Å². The summed E-state index contributed by atoms with van der Waals surface area (Å²) in [6.45, 7) is 0.373. The second kappa shape index (κ2) is 5.53. The Morgan fingerprint density at radius 1 is 1.42 bits per heavy atom. The van der Waals surface area contributed by atoms with E-state index in [2.05, 4.69) is 15.5 Å².